The van der Waals surface area contributed by atoms with Crippen LogP contribution in [-0.4, -0.2) is 41.5 Å². The van der Waals surface area contributed by atoms with Gasteiger partial charge in [0, 0.05) is 35.4 Å². The Morgan fingerprint density at radius 2 is 1.35 bits per heavy atom. The van der Waals surface area contributed by atoms with Gasteiger partial charge in [-0.2, -0.15) is 4.31 Å². The molecule has 0 aromatic heterocycles. The third kappa shape index (κ3) is 4.72. The Morgan fingerprint density at radius 1 is 0.860 bits per heavy atom. The molecule has 5 rings (SSSR count). The van der Waals surface area contributed by atoms with Crippen LogP contribution in [0.4, 0.5) is 27.5 Å². The predicted molar refractivity (Wildman–Crippen MR) is 159 cm³/mol. The number of aliphatic hydroxyl groups excluding tert-OH is 1. The first-order valence-electron chi connectivity index (χ1n) is 13.7. The number of benzene rings is 3. The number of aryl methyl sites for hydroxylation is 1. The summed E-state index contributed by atoms with van der Waals surface area (Å²) in [6.07, 6.45) is 0.337. The molecule has 2 aliphatic rings. The van der Waals surface area contributed by atoms with Crippen LogP contribution in [0.2, 0.25) is 0 Å². The summed E-state index contributed by atoms with van der Waals surface area (Å²) in [6.45, 7) is 7.77. The van der Waals surface area contributed by atoms with Gasteiger partial charge in [0.2, 0.25) is 0 Å². The van der Waals surface area contributed by atoms with Crippen LogP contribution in [0.25, 0.3) is 0 Å². The summed E-state index contributed by atoms with van der Waals surface area (Å²) in [7, 11) is -4.60. The number of nitro benzene ring substituents is 2. The van der Waals surface area contributed by atoms with Gasteiger partial charge in [-0.1, -0.05) is 38.5 Å². The van der Waals surface area contributed by atoms with E-state index in [4.69, 9.17) is 0 Å². The van der Waals surface area contributed by atoms with Gasteiger partial charge < -0.3 is 5.11 Å². The highest BCUT2D eigenvalue weighted by atomic mass is 32.2. The minimum absolute atomic E-state index is 0.147. The van der Waals surface area contributed by atoms with Gasteiger partial charge in [-0.15, -0.1) is 0 Å². The van der Waals surface area contributed by atoms with Gasteiger partial charge in [0.25, 0.3) is 21.4 Å². The number of carbonyl (C=O) groups excluding carboxylic acids is 1. The van der Waals surface area contributed by atoms with E-state index in [1.807, 2.05) is 20.8 Å². The van der Waals surface area contributed by atoms with Crippen molar-refractivity contribution in [2.45, 2.75) is 57.6 Å². The minimum Gasteiger partial charge on any atom is -0.390 e. The van der Waals surface area contributed by atoms with Gasteiger partial charge in [0.05, 0.1) is 32.6 Å². The average molecular weight is 609 g/mol. The molecule has 226 valence electrons. The van der Waals surface area contributed by atoms with E-state index in [0.717, 1.165) is 17.7 Å². The van der Waals surface area contributed by atoms with Crippen LogP contribution in [0, 0.1) is 43.9 Å². The molecule has 0 heterocycles. The molecule has 3 aromatic carbocycles. The van der Waals surface area contributed by atoms with Crippen LogP contribution in [0.15, 0.2) is 77.7 Å². The SMILES string of the molecule is Cc1ccc(S(=O)(=O)N(C(=O)N(c2ccc([N+](=O)[O-])cc2)C2C3CCC(C)(C2O)C3(C)C)c2ccc([N+](=O)[O-])cc2)cc1. The molecule has 0 saturated heterocycles. The molecule has 1 N–H and O–H groups in total. The van der Waals surface area contributed by atoms with Gasteiger partial charge in [-0.05, 0) is 67.5 Å². The summed E-state index contributed by atoms with van der Waals surface area (Å²) in [5.74, 6) is -0.229. The number of nitro groups is 2. The maximum Gasteiger partial charge on any atom is 0.343 e. The van der Waals surface area contributed by atoms with E-state index in [1.54, 1.807) is 19.1 Å². The van der Waals surface area contributed by atoms with Gasteiger partial charge in [-0.25, -0.2) is 13.2 Å². The number of fused-ring (bicyclic) bond motifs is 2. The van der Waals surface area contributed by atoms with Gasteiger partial charge >= 0.3 is 6.03 Å². The number of amides is 2. The molecular weight excluding hydrogens is 576 g/mol. The smallest absolute Gasteiger partial charge is 0.343 e. The fraction of sp³-hybridized carbons (Fsp3) is 0.367. The van der Waals surface area contributed by atoms with Crippen LogP contribution < -0.4 is 9.21 Å². The van der Waals surface area contributed by atoms with E-state index in [1.165, 1.54) is 53.4 Å². The number of urea groups is 1. The van der Waals surface area contributed by atoms with Crippen molar-refractivity contribution in [2.75, 3.05) is 9.21 Å². The topological polar surface area (TPSA) is 164 Å². The number of non-ortho nitro benzene ring substituents is 2. The molecule has 2 bridgehead atoms. The Bertz CT molecular complexity index is 1690. The van der Waals surface area contributed by atoms with Crippen LogP contribution >= 0.6 is 0 Å². The molecule has 13 heteroatoms. The standard InChI is InChI=1S/C30H32N4O8S/c1-19-5-15-24(16-6-19)43(41,42)32(21-9-13-23(14-10-21)34(39)40)28(36)31(20-7-11-22(12-8-20)33(37)38)26-25-17-18-30(4,27(26)35)29(25,2)3/h5-16,25-27,35H,17-18H2,1-4H3. The quantitative estimate of drug-likeness (QED) is 0.259. The maximum absolute atomic E-state index is 14.8. The molecule has 4 atom stereocenters. The number of aliphatic hydroxyl groups is 1. The lowest BCUT2D eigenvalue weighted by molar-refractivity contribution is -0.385. The minimum atomic E-state index is -4.60. The van der Waals surface area contributed by atoms with Crippen molar-refractivity contribution in [3.05, 3.63) is 98.6 Å². The molecule has 2 aliphatic carbocycles. The molecule has 0 radical (unpaired) electrons. The van der Waals surface area contributed by atoms with Crippen LogP contribution in [-0.2, 0) is 10.0 Å². The van der Waals surface area contributed by atoms with Crippen molar-refractivity contribution in [3.63, 3.8) is 0 Å². The zero-order valence-electron chi connectivity index (χ0n) is 24.1. The monoisotopic (exact) mass is 608 g/mol. The Balaban J connectivity index is 1.72. The molecule has 43 heavy (non-hydrogen) atoms. The van der Waals surface area contributed by atoms with Crippen molar-refractivity contribution < 1.29 is 28.2 Å². The lowest BCUT2D eigenvalue weighted by Crippen LogP contribution is -2.57. The molecule has 3 aromatic rings. The summed E-state index contributed by atoms with van der Waals surface area (Å²) in [4.78, 5) is 37.3. The maximum atomic E-state index is 14.8. The van der Waals surface area contributed by atoms with Crippen molar-refractivity contribution in [1.29, 1.82) is 0 Å². The number of anilines is 2. The molecule has 2 saturated carbocycles. The van der Waals surface area contributed by atoms with E-state index in [0.29, 0.717) is 17.1 Å². The Hall–Kier alpha value is -4.36. The lowest BCUT2D eigenvalue weighted by atomic mass is 9.70. The molecule has 2 fully saturated rings. The van der Waals surface area contributed by atoms with E-state index < -0.39 is 48.9 Å². The van der Waals surface area contributed by atoms with Crippen molar-refractivity contribution in [1.82, 2.24) is 0 Å². The molecule has 2 amide bonds. The van der Waals surface area contributed by atoms with Gasteiger partial charge in [-0.3, -0.25) is 25.1 Å². The molecule has 12 nitrogen and oxygen atoms in total. The first-order chi connectivity index (χ1) is 20.1. The second kappa shape index (κ2) is 10.4. The zero-order chi connectivity index (χ0) is 31.5. The summed E-state index contributed by atoms with van der Waals surface area (Å²) in [5, 5.41) is 34.5. The molecule has 0 aliphatic heterocycles. The fourth-order valence-electron chi connectivity index (χ4n) is 6.73. The second-order valence-corrected chi connectivity index (χ2v) is 13.8. The number of hydrogen-bond donors (Lipinski definition) is 1. The number of sulfonamides is 1. The molecule has 0 spiro atoms. The Labute approximate surface area is 248 Å². The number of carbonyl (C=O) groups is 1. The van der Waals surface area contributed by atoms with Crippen molar-refractivity contribution in [2.24, 2.45) is 16.7 Å². The molecular formula is C30H32N4O8S. The van der Waals surface area contributed by atoms with Crippen molar-refractivity contribution in [3.8, 4) is 0 Å². The second-order valence-electron chi connectivity index (χ2n) is 12.0. The third-order valence-electron chi connectivity index (χ3n) is 9.63. The number of hydrogen-bond acceptors (Lipinski definition) is 8. The largest absolute Gasteiger partial charge is 0.390 e. The normalized spacial score (nSPS) is 24.0. The fourth-order valence-corrected chi connectivity index (χ4v) is 8.11. The van der Waals surface area contributed by atoms with Crippen LogP contribution in [0.3, 0.4) is 0 Å². The van der Waals surface area contributed by atoms with E-state index in [9.17, 15) is 38.5 Å². The highest BCUT2D eigenvalue weighted by Gasteiger charge is 2.68. The first-order valence-corrected chi connectivity index (χ1v) is 15.2. The zero-order valence-corrected chi connectivity index (χ0v) is 24.9. The van der Waals surface area contributed by atoms with Gasteiger partial charge in [0.15, 0.2) is 0 Å². The Morgan fingerprint density at radius 3 is 1.79 bits per heavy atom. The van der Waals surface area contributed by atoms with Crippen LogP contribution in [0.1, 0.15) is 39.2 Å². The van der Waals surface area contributed by atoms with Crippen molar-refractivity contribution >= 4 is 38.8 Å². The third-order valence-corrected chi connectivity index (χ3v) is 11.3. The lowest BCUT2D eigenvalue weighted by Gasteiger charge is -2.41. The summed E-state index contributed by atoms with van der Waals surface area (Å²) < 4.78 is 29.0. The first kappa shape index (κ1) is 30.1. The summed E-state index contributed by atoms with van der Waals surface area (Å²) in [6, 6.07) is 13.7. The predicted octanol–water partition coefficient (Wildman–Crippen LogP) is 5.82. The summed E-state index contributed by atoms with van der Waals surface area (Å²) in [5.41, 5.74) is -0.727. The van der Waals surface area contributed by atoms with E-state index in [-0.39, 0.29) is 33.6 Å². The van der Waals surface area contributed by atoms with E-state index >= 15 is 0 Å². The summed E-state index contributed by atoms with van der Waals surface area (Å²) >= 11 is 0. The number of rotatable bonds is 7. The average Bonchev–Trinajstić information content (AvgIpc) is 3.27. The van der Waals surface area contributed by atoms with E-state index in [2.05, 4.69) is 0 Å². The highest BCUT2D eigenvalue weighted by Crippen LogP contribution is 2.66. The molecule has 4 unspecified atom stereocenters. The Kier molecular flexibility index (Phi) is 7.30. The highest BCUT2D eigenvalue weighted by molar-refractivity contribution is 7.93. The number of nitrogens with zero attached hydrogens (tertiary/aromatic N) is 4. The van der Waals surface area contributed by atoms with Crippen LogP contribution in [0.5, 0.6) is 0 Å². The van der Waals surface area contributed by atoms with Gasteiger partial charge in [0.1, 0.15) is 0 Å².